The van der Waals surface area contributed by atoms with Crippen LogP contribution >= 0.6 is 11.3 Å². The maximum Gasteiger partial charge on any atom is 0.252 e. The third-order valence-corrected chi connectivity index (χ3v) is 5.91. The van der Waals surface area contributed by atoms with E-state index in [0.717, 1.165) is 51.3 Å². The van der Waals surface area contributed by atoms with Crippen molar-refractivity contribution < 1.29 is 9.53 Å². The number of nitrogens with zero attached hydrogens (tertiary/aromatic N) is 1. The van der Waals surface area contributed by atoms with Gasteiger partial charge in [-0.05, 0) is 29.5 Å². The maximum absolute atomic E-state index is 11.6. The van der Waals surface area contributed by atoms with Crippen molar-refractivity contribution in [1.82, 2.24) is 10.2 Å². The fraction of sp³-hybridized carbons (Fsp3) is 0.421. The molecule has 2 aliphatic rings. The van der Waals surface area contributed by atoms with Crippen LogP contribution in [0.4, 0.5) is 0 Å². The summed E-state index contributed by atoms with van der Waals surface area (Å²) in [5.74, 6) is 0.0833. The molecule has 2 aromatic rings. The normalized spacial score (nSPS) is 17.8. The summed E-state index contributed by atoms with van der Waals surface area (Å²) in [4.78, 5) is 15.4. The second-order valence-corrected chi connectivity index (χ2v) is 7.40. The third kappa shape index (κ3) is 3.38. The predicted octanol–water partition coefficient (Wildman–Crippen LogP) is 2.61. The Morgan fingerprint density at radius 3 is 2.62 bits per heavy atom. The Morgan fingerprint density at radius 1 is 1.08 bits per heavy atom. The molecule has 0 aliphatic carbocycles. The van der Waals surface area contributed by atoms with Crippen LogP contribution in [0.25, 0.3) is 0 Å². The number of fused-ring (bicyclic) bond motifs is 1. The molecule has 0 bridgehead atoms. The standard InChI is InChI=1S/C19H22N2O2S/c22-19-17-13-24-18(16(17)11-20-19)6-5-14-1-3-15(4-2-14)12-21-7-9-23-10-8-21/h1-4,13H,5-12H2,(H,20,22). The minimum Gasteiger partial charge on any atom is -0.379 e. The van der Waals surface area contributed by atoms with E-state index in [2.05, 4.69) is 34.5 Å². The third-order valence-electron chi connectivity index (χ3n) is 4.82. The highest BCUT2D eigenvalue weighted by atomic mass is 32.1. The van der Waals surface area contributed by atoms with Gasteiger partial charge in [0.15, 0.2) is 0 Å². The predicted molar refractivity (Wildman–Crippen MR) is 95.4 cm³/mol. The molecule has 0 radical (unpaired) electrons. The first-order valence-corrected chi connectivity index (χ1v) is 9.43. The van der Waals surface area contributed by atoms with Crippen LogP contribution in [0, 0.1) is 0 Å². The van der Waals surface area contributed by atoms with E-state index in [-0.39, 0.29) is 5.91 Å². The van der Waals surface area contributed by atoms with Crippen molar-refractivity contribution in [1.29, 1.82) is 0 Å². The fourth-order valence-electron chi connectivity index (χ4n) is 3.37. The molecule has 0 spiro atoms. The van der Waals surface area contributed by atoms with Crippen LogP contribution in [-0.2, 0) is 30.7 Å². The molecular weight excluding hydrogens is 320 g/mol. The van der Waals surface area contributed by atoms with Crippen LogP contribution in [0.3, 0.4) is 0 Å². The van der Waals surface area contributed by atoms with E-state index in [1.807, 2.05) is 5.38 Å². The number of aryl methyl sites for hydroxylation is 2. The highest BCUT2D eigenvalue weighted by Gasteiger charge is 2.23. The Bertz CT molecular complexity index is 717. The molecule has 1 aromatic carbocycles. The SMILES string of the molecule is O=C1NCc2c1csc2CCc1ccc(CN2CCOCC2)cc1. The lowest BCUT2D eigenvalue weighted by Crippen LogP contribution is -2.35. The number of hydrogen-bond acceptors (Lipinski definition) is 4. The Labute approximate surface area is 146 Å². The number of thiophene rings is 1. The number of rotatable bonds is 5. The molecule has 1 aromatic heterocycles. The van der Waals surface area contributed by atoms with E-state index >= 15 is 0 Å². The monoisotopic (exact) mass is 342 g/mol. The zero-order chi connectivity index (χ0) is 16.4. The minimum absolute atomic E-state index is 0.0833. The minimum atomic E-state index is 0.0833. The van der Waals surface area contributed by atoms with Crippen LogP contribution in [-0.4, -0.2) is 37.1 Å². The highest BCUT2D eigenvalue weighted by Crippen LogP contribution is 2.27. The number of morpholine rings is 1. The molecule has 1 saturated heterocycles. The Hall–Kier alpha value is -1.69. The van der Waals surface area contributed by atoms with Crippen molar-refractivity contribution in [2.45, 2.75) is 25.9 Å². The molecule has 126 valence electrons. The largest absolute Gasteiger partial charge is 0.379 e. The van der Waals surface area contributed by atoms with Crippen molar-refractivity contribution in [3.63, 3.8) is 0 Å². The van der Waals surface area contributed by atoms with Crippen LogP contribution in [0.2, 0.25) is 0 Å². The fourth-order valence-corrected chi connectivity index (χ4v) is 4.42. The molecule has 0 atom stereocenters. The van der Waals surface area contributed by atoms with E-state index in [1.165, 1.54) is 21.6 Å². The van der Waals surface area contributed by atoms with Crippen LogP contribution in [0.5, 0.6) is 0 Å². The number of ether oxygens (including phenoxy) is 1. The molecule has 1 fully saturated rings. The molecule has 2 aliphatic heterocycles. The van der Waals surface area contributed by atoms with Gasteiger partial charge in [0.25, 0.3) is 5.91 Å². The second-order valence-electron chi connectivity index (χ2n) is 6.44. The van der Waals surface area contributed by atoms with E-state index in [9.17, 15) is 4.79 Å². The van der Waals surface area contributed by atoms with Gasteiger partial charge in [-0.1, -0.05) is 24.3 Å². The molecule has 1 N–H and O–H groups in total. The van der Waals surface area contributed by atoms with Crippen molar-refractivity contribution in [3.8, 4) is 0 Å². The van der Waals surface area contributed by atoms with Gasteiger partial charge in [0.1, 0.15) is 0 Å². The molecule has 24 heavy (non-hydrogen) atoms. The van der Waals surface area contributed by atoms with Gasteiger partial charge in [0.2, 0.25) is 0 Å². The zero-order valence-corrected chi connectivity index (χ0v) is 14.5. The smallest absolute Gasteiger partial charge is 0.252 e. The van der Waals surface area contributed by atoms with Crippen molar-refractivity contribution >= 4 is 17.2 Å². The first kappa shape index (κ1) is 15.8. The number of carbonyl (C=O) groups excluding carboxylic acids is 1. The highest BCUT2D eigenvalue weighted by molar-refractivity contribution is 7.10. The topological polar surface area (TPSA) is 41.6 Å². The number of carbonyl (C=O) groups is 1. The van der Waals surface area contributed by atoms with Crippen molar-refractivity contribution in [3.05, 3.63) is 56.8 Å². The maximum atomic E-state index is 11.6. The van der Waals surface area contributed by atoms with Crippen molar-refractivity contribution in [2.75, 3.05) is 26.3 Å². The van der Waals surface area contributed by atoms with Crippen molar-refractivity contribution in [2.24, 2.45) is 0 Å². The van der Waals surface area contributed by atoms with E-state index in [1.54, 1.807) is 11.3 Å². The van der Waals surface area contributed by atoms with Gasteiger partial charge in [-0.15, -0.1) is 11.3 Å². The van der Waals surface area contributed by atoms with Gasteiger partial charge in [-0.25, -0.2) is 0 Å². The van der Waals surface area contributed by atoms with Crippen LogP contribution < -0.4 is 5.32 Å². The second kappa shape index (κ2) is 7.05. The Kier molecular flexibility index (Phi) is 4.65. The summed E-state index contributed by atoms with van der Waals surface area (Å²) < 4.78 is 5.40. The lowest BCUT2D eigenvalue weighted by atomic mass is 10.0. The lowest BCUT2D eigenvalue weighted by Gasteiger charge is -2.26. The summed E-state index contributed by atoms with van der Waals surface area (Å²) in [6.45, 7) is 5.46. The molecule has 1 amide bonds. The summed E-state index contributed by atoms with van der Waals surface area (Å²) >= 11 is 1.72. The molecule has 4 nitrogen and oxygen atoms in total. The summed E-state index contributed by atoms with van der Waals surface area (Å²) in [5.41, 5.74) is 4.83. The quantitative estimate of drug-likeness (QED) is 0.908. The first-order valence-electron chi connectivity index (χ1n) is 8.55. The number of nitrogens with one attached hydrogen (secondary N) is 1. The Balaban J connectivity index is 1.34. The summed E-state index contributed by atoms with van der Waals surface area (Å²) in [6.07, 6.45) is 2.04. The molecule has 4 rings (SSSR count). The van der Waals surface area contributed by atoms with Gasteiger partial charge in [-0.2, -0.15) is 0 Å². The average molecular weight is 342 g/mol. The van der Waals surface area contributed by atoms with E-state index in [0.29, 0.717) is 6.54 Å². The van der Waals surface area contributed by atoms with Gasteiger partial charge < -0.3 is 10.1 Å². The van der Waals surface area contributed by atoms with E-state index < -0.39 is 0 Å². The van der Waals surface area contributed by atoms with Gasteiger partial charge in [0.05, 0.1) is 18.8 Å². The molecule has 5 heteroatoms. The molecular formula is C19H22N2O2S. The zero-order valence-electron chi connectivity index (χ0n) is 13.7. The molecule has 3 heterocycles. The first-order chi connectivity index (χ1) is 11.8. The molecule has 0 saturated carbocycles. The van der Waals surface area contributed by atoms with Crippen LogP contribution in [0.15, 0.2) is 29.6 Å². The number of benzene rings is 1. The van der Waals surface area contributed by atoms with Crippen LogP contribution in [0.1, 0.15) is 31.9 Å². The number of hydrogen-bond donors (Lipinski definition) is 1. The summed E-state index contributed by atoms with van der Waals surface area (Å²) in [6, 6.07) is 8.98. The average Bonchev–Trinajstić information content (AvgIpc) is 3.19. The van der Waals surface area contributed by atoms with E-state index in [4.69, 9.17) is 4.74 Å². The number of amides is 1. The Morgan fingerprint density at radius 2 is 1.83 bits per heavy atom. The summed E-state index contributed by atoms with van der Waals surface area (Å²) in [7, 11) is 0. The van der Waals surface area contributed by atoms with Gasteiger partial charge in [-0.3, -0.25) is 9.69 Å². The molecule has 0 unspecified atom stereocenters. The lowest BCUT2D eigenvalue weighted by molar-refractivity contribution is 0.0342. The van der Waals surface area contributed by atoms with Gasteiger partial charge >= 0.3 is 0 Å². The summed E-state index contributed by atoms with van der Waals surface area (Å²) in [5, 5.41) is 4.90. The van der Waals surface area contributed by atoms with Gasteiger partial charge in [0, 0.05) is 36.4 Å².